The molecule has 134 valence electrons. The van der Waals surface area contributed by atoms with E-state index in [1.807, 2.05) is 0 Å². The number of nitrogens with one attached hydrogen (secondary N) is 2. The zero-order valence-electron chi connectivity index (χ0n) is 14.5. The number of allylic oxidation sites excluding steroid dienone is 1. The second-order valence-electron chi connectivity index (χ2n) is 5.29. The second kappa shape index (κ2) is 7.69. The molecule has 0 bridgehead atoms. The smallest absolute Gasteiger partial charge is 0.337 e. The molecule has 0 saturated carbocycles. The number of carbonyl (C=O) groups is 3. The van der Waals surface area contributed by atoms with Crippen molar-refractivity contribution in [2.45, 2.75) is 26.8 Å². The fourth-order valence-electron chi connectivity index (χ4n) is 2.54. The topological polar surface area (TPSA) is 103 Å². The van der Waals surface area contributed by atoms with E-state index in [9.17, 15) is 14.4 Å². The molecule has 8 heteroatoms. The number of rotatable bonds is 5. The lowest BCUT2D eigenvalue weighted by Gasteiger charge is -2.28. The van der Waals surface area contributed by atoms with Crippen molar-refractivity contribution < 1.29 is 28.6 Å². The van der Waals surface area contributed by atoms with Crippen molar-refractivity contribution in [2.75, 3.05) is 13.7 Å². The van der Waals surface area contributed by atoms with Gasteiger partial charge in [-0.2, -0.15) is 0 Å². The Kier molecular flexibility index (Phi) is 5.63. The van der Waals surface area contributed by atoms with Crippen molar-refractivity contribution in [3.63, 3.8) is 0 Å². The lowest BCUT2D eigenvalue weighted by molar-refractivity contribution is -0.136. The average Bonchev–Trinajstić information content (AvgIpc) is 2.55. The maximum Gasteiger partial charge on any atom is 0.337 e. The van der Waals surface area contributed by atoms with E-state index in [1.54, 1.807) is 32.0 Å². The van der Waals surface area contributed by atoms with Crippen LogP contribution >= 0.6 is 0 Å². The molecule has 2 N–H and O–H groups in total. The van der Waals surface area contributed by atoms with E-state index in [0.29, 0.717) is 23.6 Å². The number of carbonyl (C=O) groups excluding carboxylic acids is 3. The van der Waals surface area contributed by atoms with Crippen LogP contribution in [0.5, 0.6) is 11.5 Å². The molecule has 1 unspecified atom stereocenters. The summed E-state index contributed by atoms with van der Waals surface area (Å²) in [5, 5.41) is 5.24. The van der Waals surface area contributed by atoms with Crippen LogP contribution in [0.25, 0.3) is 0 Å². The Bertz CT molecular complexity index is 741. The van der Waals surface area contributed by atoms with Gasteiger partial charge in [-0.1, -0.05) is 6.07 Å². The molecule has 8 nitrogen and oxygen atoms in total. The third-order valence-corrected chi connectivity index (χ3v) is 3.53. The summed E-state index contributed by atoms with van der Waals surface area (Å²) in [6.45, 7) is 5.06. The van der Waals surface area contributed by atoms with Gasteiger partial charge < -0.3 is 24.8 Å². The van der Waals surface area contributed by atoms with E-state index in [4.69, 9.17) is 14.2 Å². The van der Waals surface area contributed by atoms with Crippen LogP contribution in [0.15, 0.2) is 29.5 Å². The third kappa shape index (κ3) is 4.09. The zero-order valence-corrected chi connectivity index (χ0v) is 14.5. The van der Waals surface area contributed by atoms with Crippen LogP contribution < -0.4 is 20.1 Å². The molecule has 1 aromatic rings. The van der Waals surface area contributed by atoms with Gasteiger partial charge >= 0.3 is 18.0 Å². The first-order chi connectivity index (χ1) is 11.9. The maximum atomic E-state index is 12.1. The first kappa shape index (κ1) is 18.3. The highest BCUT2D eigenvalue weighted by molar-refractivity contribution is 5.95. The van der Waals surface area contributed by atoms with Crippen LogP contribution in [0.2, 0.25) is 0 Å². The summed E-state index contributed by atoms with van der Waals surface area (Å²) >= 11 is 0. The van der Waals surface area contributed by atoms with Gasteiger partial charge in [0, 0.05) is 12.6 Å². The van der Waals surface area contributed by atoms with Gasteiger partial charge in [-0.25, -0.2) is 9.59 Å². The molecule has 1 atom stereocenters. The van der Waals surface area contributed by atoms with Gasteiger partial charge in [0.1, 0.15) is 0 Å². The molecule has 0 radical (unpaired) electrons. The molecule has 0 fully saturated rings. The molecule has 1 aliphatic heterocycles. The Morgan fingerprint density at radius 3 is 2.56 bits per heavy atom. The van der Waals surface area contributed by atoms with E-state index in [1.165, 1.54) is 14.0 Å². The Hall–Kier alpha value is -3.03. The SMILES string of the molecule is CCOc1cc(C2NC(=O)NC(C)=C2C(=O)OC)ccc1OC(C)=O. The highest BCUT2D eigenvalue weighted by Crippen LogP contribution is 2.34. The van der Waals surface area contributed by atoms with Gasteiger partial charge in [0.2, 0.25) is 0 Å². The number of esters is 2. The molecule has 1 heterocycles. The van der Waals surface area contributed by atoms with Crippen LogP contribution in [0, 0.1) is 0 Å². The molecular formula is C17H20N2O6. The predicted molar refractivity (Wildman–Crippen MR) is 88.0 cm³/mol. The minimum atomic E-state index is -0.716. The van der Waals surface area contributed by atoms with Crippen LogP contribution in [-0.2, 0) is 14.3 Å². The Labute approximate surface area is 145 Å². The summed E-state index contributed by atoms with van der Waals surface area (Å²) in [7, 11) is 1.27. The van der Waals surface area contributed by atoms with E-state index >= 15 is 0 Å². The summed E-state index contributed by atoms with van der Waals surface area (Å²) in [6.07, 6.45) is 0. The molecule has 0 spiro atoms. The Balaban J connectivity index is 2.49. The highest BCUT2D eigenvalue weighted by atomic mass is 16.6. The highest BCUT2D eigenvalue weighted by Gasteiger charge is 2.32. The fourth-order valence-corrected chi connectivity index (χ4v) is 2.54. The van der Waals surface area contributed by atoms with Gasteiger partial charge in [-0.3, -0.25) is 4.79 Å². The van der Waals surface area contributed by atoms with Crippen LogP contribution in [0.4, 0.5) is 4.79 Å². The first-order valence-corrected chi connectivity index (χ1v) is 7.69. The molecule has 1 aromatic carbocycles. The monoisotopic (exact) mass is 348 g/mol. The van der Waals surface area contributed by atoms with Crippen LogP contribution in [0.1, 0.15) is 32.4 Å². The van der Waals surface area contributed by atoms with Crippen molar-refractivity contribution in [3.05, 3.63) is 35.0 Å². The number of hydrogen-bond donors (Lipinski definition) is 2. The van der Waals surface area contributed by atoms with E-state index in [-0.39, 0.29) is 11.3 Å². The van der Waals surface area contributed by atoms with E-state index in [0.717, 1.165) is 0 Å². The maximum absolute atomic E-state index is 12.1. The molecule has 2 rings (SSSR count). The number of hydrogen-bond acceptors (Lipinski definition) is 6. The van der Waals surface area contributed by atoms with E-state index < -0.39 is 24.0 Å². The largest absolute Gasteiger partial charge is 0.490 e. The van der Waals surface area contributed by atoms with Gasteiger partial charge in [-0.15, -0.1) is 0 Å². The minimum absolute atomic E-state index is 0.263. The summed E-state index contributed by atoms with van der Waals surface area (Å²) in [5.41, 5.74) is 1.28. The first-order valence-electron chi connectivity index (χ1n) is 7.69. The fraction of sp³-hybridized carbons (Fsp3) is 0.353. The van der Waals surface area contributed by atoms with Gasteiger partial charge in [0.05, 0.1) is 25.3 Å². The summed E-state index contributed by atoms with van der Waals surface area (Å²) in [6, 6.07) is 3.67. The average molecular weight is 348 g/mol. The Morgan fingerprint density at radius 1 is 1.24 bits per heavy atom. The molecule has 0 aliphatic carbocycles. The molecular weight excluding hydrogens is 328 g/mol. The number of benzene rings is 1. The summed E-state index contributed by atoms with van der Waals surface area (Å²) in [5.74, 6) is -0.435. The van der Waals surface area contributed by atoms with Crippen molar-refractivity contribution in [1.82, 2.24) is 10.6 Å². The van der Waals surface area contributed by atoms with Gasteiger partial charge in [0.25, 0.3) is 0 Å². The lowest BCUT2D eigenvalue weighted by Crippen LogP contribution is -2.45. The van der Waals surface area contributed by atoms with Crippen molar-refractivity contribution in [2.24, 2.45) is 0 Å². The van der Waals surface area contributed by atoms with E-state index in [2.05, 4.69) is 10.6 Å². The third-order valence-electron chi connectivity index (χ3n) is 3.53. The van der Waals surface area contributed by atoms with Gasteiger partial charge in [-0.05, 0) is 31.5 Å². The molecule has 1 aliphatic rings. The lowest BCUT2D eigenvalue weighted by atomic mass is 9.95. The number of amides is 2. The minimum Gasteiger partial charge on any atom is -0.490 e. The standard InChI is InChI=1S/C17H20N2O6/c1-5-24-13-8-11(6-7-12(13)25-10(3)20)15-14(16(21)23-4)9(2)18-17(22)19-15/h6-8,15H,5H2,1-4H3,(H2,18,19,22). The van der Waals surface area contributed by atoms with Crippen LogP contribution in [-0.4, -0.2) is 31.7 Å². The van der Waals surface area contributed by atoms with Crippen molar-refractivity contribution >= 4 is 18.0 Å². The quantitative estimate of drug-likeness (QED) is 0.621. The number of urea groups is 1. The van der Waals surface area contributed by atoms with Crippen molar-refractivity contribution in [3.8, 4) is 11.5 Å². The van der Waals surface area contributed by atoms with Crippen molar-refractivity contribution in [1.29, 1.82) is 0 Å². The summed E-state index contributed by atoms with van der Waals surface area (Å²) in [4.78, 5) is 35.2. The zero-order chi connectivity index (χ0) is 18.6. The summed E-state index contributed by atoms with van der Waals surface area (Å²) < 4.78 is 15.4. The molecule has 0 aromatic heterocycles. The number of ether oxygens (including phenoxy) is 3. The molecule has 0 saturated heterocycles. The Morgan fingerprint density at radius 2 is 1.96 bits per heavy atom. The molecule has 2 amide bonds. The van der Waals surface area contributed by atoms with Crippen LogP contribution in [0.3, 0.4) is 0 Å². The van der Waals surface area contributed by atoms with Gasteiger partial charge in [0.15, 0.2) is 11.5 Å². The number of methoxy groups -OCH3 is 1. The second-order valence-corrected chi connectivity index (χ2v) is 5.29. The predicted octanol–water partition coefficient (Wildman–Crippen LogP) is 1.81. The normalized spacial score (nSPS) is 16.6. The molecule has 25 heavy (non-hydrogen) atoms.